The minimum atomic E-state index is -2.92. The molecule has 0 atom stereocenters. The zero-order valence-corrected chi connectivity index (χ0v) is 14.4. The van der Waals surface area contributed by atoms with E-state index in [1.807, 2.05) is 0 Å². The third-order valence-corrected chi connectivity index (χ3v) is 3.69. The van der Waals surface area contributed by atoms with Crippen LogP contribution in [0.4, 0.5) is 8.78 Å². The van der Waals surface area contributed by atoms with Gasteiger partial charge in [-0.05, 0) is 45.0 Å². The van der Waals surface area contributed by atoms with Gasteiger partial charge in [0.2, 0.25) is 0 Å². The van der Waals surface area contributed by atoms with Gasteiger partial charge in [-0.25, -0.2) is 4.68 Å². The number of aromatic nitrogens is 3. The number of carboxylic acid groups (broad SMARTS) is 1. The van der Waals surface area contributed by atoms with Crippen LogP contribution in [0.5, 0.6) is 5.75 Å². The lowest BCUT2D eigenvalue weighted by molar-refractivity contribution is -0.146. The first kappa shape index (κ1) is 19.3. The van der Waals surface area contributed by atoms with Crippen LogP contribution < -0.4 is 10.1 Å². The van der Waals surface area contributed by atoms with E-state index in [0.717, 1.165) is 0 Å². The highest BCUT2D eigenvalue weighted by Crippen LogP contribution is 2.19. The van der Waals surface area contributed by atoms with Crippen LogP contribution in [0.3, 0.4) is 0 Å². The van der Waals surface area contributed by atoms with Gasteiger partial charge < -0.3 is 15.2 Å². The van der Waals surface area contributed by atoms with Gasteiger partial charge in [-0.15, -0.1) is 5.10 Å². The number of amides is 1. The molecule has 1 aromatic carbocycles. The van der Waals surface area contributed by atoms with Crippen molar-refractivity contribution in [3.05, 3.63) is 35.7 Å². The van der Waals surface area contributed by atoms with Crippen LogP contribution in [0, 0.1) is 12.3 Å². The molecule has 0 radical (unpaired) electrons. The summed E-state index contributed by atoms with van der Waals surface area (Å²) in [5, 5.41) is 19.3. The maximum absolute atomic E-state index is 12.2. The van der Waals surface area contributed by atoms with Crippen molar-refractivity contribution >= 4 is 11.9 Å². The van der Waals surface area contributed by atoms with Gasteiger partial charge >= 0.3 is 12.6 Å². The maximum atomic E-state index is 12.2. The lowest BCUT2D eigenvalue weighted by Crippen LogP contribution is -2.39. The van der Waals surface area contributed by atoms with Gasteiger partial charge in [0.25, 0.3) is 5.91 Å². The fourth-order valence-electron chi connectivity index (χ4n) is 2.01. The summed E-state index contributed by atoms with van der Waals surface area (Å²) in [5.74, 6) is -1.60. The number of nitrogens with one attached hydrogen (secondary N) is 1. The lowest BCUT2D eigenvalue weighted by Gasteiger charge is -2.19. The summed E-state index contributed by atoms with van der Waals surface area (Å²) in [6, 6.07) is 5.68. The van der Waals surface area contributed by atoms with E-state index in [1.54, 1.807) is 6.92 Å². The first-order valence-electron chi connectivity index (χ1n) is 7.61. The quantitative estimate of drug-likeness (QED) is 0.774. The van der Waals surface area contributed by atoms with E-state index < -0.39 is 23.9 Å². The molecule has 0 saturated heterocycles. The number of halogens is 2. The molecule has 26 heavy (non-hydrogen) atoms. The summed E-state index contributed by atoms with van der Waals surface area (Å²) in [7, 11) is 0. The number of ether oxygens (including phenoxy) is 1. The number of carbonyl (C=O) groups excluding carboxylic acids is 1. The second-order valence-corrected chi connectivity index (χ2v) is 6.18. The molecule has 0 aliphatic carbocycles. The molecule has 2 N–H and O–H groups in total. The van der Waals surface area contributed by atoms with Crippen molar-refractivity contribution in [2.45, 2.75) is 27.4 Å². The molecule has 0 aliphatic rings. The predicted octanol–water partition coefficient (Wildman–Crippen LogP) is 2.02. The molecule has 0 saturated carbocycles. The van der Waals surface area contributed by atoms with Crippen molar-refractivity contribution in [3.8, 4) is 11.4 Å². The number of carboxylic acids is 1. The molecule has 2 rings (SSSR count). The monoisotopic (exact) mass is 368 g/mol. The topological polar surface area (TPSA) is 106 Å². The first-order chi connectivity index (χ1) is 12.1. The highest BCUT2D eigenvalue weighted by Gasteiger charge is 2.28. The van der Waals surface area contributed by atoms with Crippen LogP contribution in [-0.4, -0.2) is 45.1 Å². The van der Waals surface area contributed by atoms with Crippen LogP contribution in [0.2, 0.25) is 0 Å². The molecule has 10 heteroatoms. The molecule has 1 heterocycles. The van der Waals surface area contributed by atoms with Crippen molar-refractivity contribution in [1.29, 1.82) is 0 Å². The smallest absolute Gasteiger partial charge is 0.387 e. The fourth-order valence-corrected chi connectivity index (χ4v) is 2.01. The Labute approximate surface area is 147 Å². The number of aliphatic carboxylic acids is 1. The highest BCUT2D eigenvalue weighted by molar-refractivity contribution is 5.93. The van der Waals surface area contributed by atoms with E-state index in [4.69, 9.17) is 5.11 Å². The van der Waals surface area contributed by atoms with Crippen LogP contribution >= 0.6 is 0 Å². The molecule has 8 nitrogen and oxygen atoms in total. The van der Waals surface area contributed by atoms with Crippen LogP contribution in [0.25, 0.3) is 5.69 Å². The number of benzene rings is 1. The van der Waals surface area contributed by atoms with E-state index in [0.29, 0.717) is 11.4 Å². The summed E-state index contributed by atoms with van der Waals surface area (Å²) in [6.45, 7) is 1.60. The average molecular weight is 368 g/mol. The Bertz CT molecular complexity index is 803. The van der Waals surface area contributed by atoms with Crippen molar-refractivity contribution in [1.82, 2.24) is 20.3 Å². The van der Waals surface area contributed by atoms with Gasteiger partial charge in [0, 0.05) is 6.54 Å². The van der Waals surface area contributed by atoms with Gasteiger partial charge in [-0.2, -0.15) is 8.78 Å². The largest absolute Gasteiger partial charge is 0.481 e. The summed E-state index contributed by atoms with van der Waals surface area (Å²) in [4.78, 5) is 23.3. The minimum absolute atomic E-state index is 0.00427. The number of hydrogen-bond acceptors (Lipinski definition) is 5. The lowest BCUT2D eigenvalue weighted by atomic mass is 9.94. The summed E-state index contributed by atoms with van der Waals surface area (Å²) in [5.41, 5.74) is -0.168. The Morgan fingerprint density at radius 1 is 1.31 bits per heavy atom. The number of hydrogen-bond donors (Lipinski definition) is 2. The number of nitrogens with zero attached hydrogens (tertiary/aromatic N) is 3. The van der Waals surface area contributed by atoms with Crippen molar-refractivity contribution in [3.63, 3.8) is 0 Å². The summed E-state index contributed by atoms with van der Waals surface area (Å²) < 4.78 is 30.0. The molecule has 1 aromatic heterocycles. The molecule has 0 aliphatic heterocycles. The molecule has 0 fully saturated rings. The van der Waals surface area contributed by atoms with Crippen molar-refractivity contribution < 1.29 is 28.2 Å². The first-order valence-corrected chi connectivity index (χ1v) is 7.61. The van der Waals surface area contributed by atoms with Gasteiger partial charge in [0.15, 0.2) is 5.69 Å². The normalized spacial score (nSPS) is 11.5. The van der Waals surface area contributed by atoms with E-state index in [2.05, 4.69) is 20.4 Å². The van der Waals surface area contributed by atoms with Crippen LogP contribution in [-0.2, 0) is 4.79 Å². The number of alkyl halides is 2. The molecular formula is C16H18F2N4O4. The molecule has 2 aromatic rings. The SMILES string of the molecule is Cc1c(C(=O)NCC(C)(C)C(=O)O)nnn1-c1ccc(OC(F)F)cc1. The van der Waals surface area contributed by atoms with E-state index in [9.17, 15) is 18.4 Å². The standard InChI is InChI=1S/C16H18F2N4O4/c1-9-12(13(23)19-8-16(2,3)14(24)25)20-21-22(9)10-4-6-11(7-5-10)26-15(17)18/h4-7,15H,8H2,1-3H3,(H,19,23)(H,24,25). The number of carbonyl (C=O) groups is 2. The van der Waals surface area contributed by atoms with E-state index in [1.165, 1.54) is 42.8 Å². The van der Waals surface area contributed by atoms with Crippen LogP contribution in [0.15, 0.2) is 24.3 Å². The Balaban J connectivity index is 2.14. The molecule has 0 bridgehead atoms. The third kappa shape index (κ3) is 4.32. The van der Waals surface area contributed by atoms with Crippen molar-refractivity contribution in [2.75, 3.05) is 6.54 Å². The average Bonchev–Trinajstić information content (AvgIpc) is 2.94. The van der Waals surface area contributed by atoms with Crippen LogP contribution in [0.1, 0.15) is 30.0 Å². The molecule has 1 amide bonds. The minimum Gasteiger partial charge on any atom is -0.481 e. The Morgan fingerprint density at radius 3 is 2.46 bits per heavy atom. The Hall–Kier alpha value is -3.04. The van der Waals surface area contributed by atoms with Gasteiger partial charge in [-0.1, -0.05) is 5.21 Å². The summed E-state index contributed by atoms with van der Waals surface area (Å²) >= 11 is 0. The number of rotatable bonds is 7. The van der Waals surface area contributed by atoms with Crippen molar-refractivity contribution in [2.24, 2.45) is 5.41 Å². The zero-order valence-electron chi connectivity index (χ0n) is 14.4. The fraction of sp³-hybridized carbons (Fsp3) is 0.375. The third-order valence-electron chi connectivity index (χ3n) is 3.69. The molecule has 0 spiro atoms. The zero-order chi connectivity index (χ0) is 19.5. The highest BCUT2D eigenvalue weighted by atomic mass is 19.3. The summed E-state index contributed by atoms with van der Waals surface area (Å²) in [6.07, 6.45) is 0. The Morgan fingerprint density at radius 2 is 1.92 bits per heavy atom. The van der Waals surface area contributed by atoms with E-state index >= 15 is 0 Å². The molecule has 140 valence electrons. The second kappa shape index (κ2) is 7.46. The molecule has 0 unspecified atom stereocenters. The van der Waals surface area contributed by atoms with Gasteiger partial charge in [0.1, 0.15) is 5.75 Å². The van der Waals surface area contributed by atoms with Gasteiger partial charge in [-0.3, -0.25) is 9.59 Å². The second-order valence-electron chi connectivity index (χ2n) is 6.18. The predicted molar refractivity (Wildman–Crippen MR) is 86.5 cm³/mol. The molecular weight excluding hydrogens is 350 g/mol. The van der Waals surface area contributed by atoms with Gasteiger partial charge in [0.05, 0.1) is 16.8 Å². The maximum Gasteiger partial charge on any atom is 0.387 e. The Kier molecular flexibility index (Phi) is 5.53. The van der Waals surface area contributed by atoms with E-state index in [-0.39, 0.29) is 18.0 Å².